The Morgan fingerprint density at radius 2 is 1.87 bits per heavy atom. The monoisotopic (exact) mass is 443 g/mol. The fourth-order valence-electron chi connectivity index (χ4n) is 4.25. The first kappa shape index (κ1) is 23.7. The number of rotatable bonds is 9. The highest BCUT2D eigenvalue weighted by Gasteiger charge is 2.21. The minimum Gasteiger partial charge on any atom is -0.355 e. The van der Waals surface area contributed by atoms with Crippen molar-refractivity contribution in [2.24, 2.45) is 11.3 Å². The molecule has 1 aromatic carbocycles. The molecule has 3 rings (SSSR count). The summed E-state index contributed by atoms with van der Waals surface area (Å²) in [6, 6.07) is 10.4. The highest BCUT2D eigenvalue weighted by molar-refractivity contribution is 7.09. The van der Waals surface area contributed by atoms with Crippen LogP contribution in [-0.2, 0) is 11.2 Å². The van der Waals surface area contributed by atoms with Crippen molar-refractivity contribution in [1.82, 2.24) is 19.6 Å². The molecular formula is C24H37N5OS. The van der Waals surface area contributed by atoms with Crippen molar-refractivity contribution in [2.45, 2.75) is 47.0 Å². The van der Waals surface area contributed by atoms with Crippen LogP contribution in [0.1, 0.15) is 51.9 Å². The zero-order valence-electron chi connectivity index (χ0n) is 19.4. The van der Waals surface area contributed by atoms with Crippen LogP contribution in [-0.4, -0.2) is 59.4 Å². The zero-order valence-corrected chi connectivity index (χ0v) is 20.2. The third-order valence-electron chi connectivity index (χ3n) is 5.55. The lowest BCUT2D eigenvalue weighted by Gasteiger charge is -2.34. The van der Waals surface area contributed by atoms with Crippen LogP contribution >= 0.6 is 11.5 Å². The Balaban J connectivity index is 1.34. The van der Waals surface area contributed by atoms with E-state index < -0.39 is 0 Å². The van der Waals surface area contributed by atoms with Crippen molar-refractivity contribution < 1.29 is 4.79 Å². The third kappa shape index (κ3) is 8.22. The van der Waals surface area contributed by atoms with Gasteiger partial charge in [-0.1, -0.05) is 58.0 Å². The molecule has 0 bridgehead atoms. The van der Waals surface area contributed by atoms with E-state index in [9.17, 15) is 4.79 Å². The molecule has 1 atom stereocenters. The van der Waals surface area contributed by atoms with Crippen LogP contribution in [0.15, 0.2) is 30.3 Å². The largest absolute Gasteiger partial charge is 0.355 e. The summed E-state index contributed by atoms with van der Waals surface area (Å²) in [6.07, 6.45) is 2.47. The van der Waals surface area contributed by atoms with Gasteiger partial charge in [0.25, 0.3) is 0 Å². The van der Waals surface area contributed by atoms with Crippen molar-refractivity contribution in [3.63, 3.8) is 0 Å². The number of nitrogens with zero attached hydrogens (tertiary/aromatic N) is 4. The van der Waals surface area contributed by atoms with Gasteiger partial charge >= 0.3 is 0 Å². The van der Waals surface area contributed by atoms with Gasteiger partial charge in [0, 0.05) is 63.6 Å². The Morgan fingerprint density at radius 3 is 2.55 bits per heavy atom. The van der Waals surface area contributed by atoms with Gasteiger partial charge in [-0.3, -0.25) is 9.69 Å². The molecular weight excluding hydrogens is 406 g/mol. The average molecular weight is 444 g/mol. The van der Waals surface area contributed by atoms with Crippen molar-refractivity contribution in [3.8, 4) is 0 Å². The highest BCUT2D eigenvalue weighted by Crippen LogP contribution is 2.25. The molecule has 2 heterocycles. The van der Waals surface area contributed by atoms with Crippen molar-refractivity contribution in [2.75, 3.05) is 44.2 Å². The number of hydrogen-bond donors (Lipinski definition) is 1. The average Bonchev–Trinajstić information content (AvgIpc) is 3.16. The Labute approximate surface area is 191 Å². The number of benzene rings is 1. The molecule has 0 aliphatic carbocycles. The number of piperazine rings is 1. The molecule has 31 heavy (non-hydrogen) atoms. The van der Waals surface area contributed by atoms with E-state index in [4.69, 9.17) is 4.98 Å². The quantitative estimate of drug-likeness (QED) is 0.638. The van der Waals surface area contributed by atoms with E-state index in [2.05, 4.69) is 71.5 Å². The second-order valence-electron chi connectivity index (χ2n) is 9.91. The molecule has 1 unspecified atom stereocenters. The molecule has 1 fully saturated rings. The van der Waals surface area contributed by atoms with Crippen LogP contribution in [0.5, 0.6) is 0 Å². The molecule has 1 aliphatic rings. The smallest absolute Gasteiger partial charge is 0.220 e. The predicted octanol–water partition coefficient (Wildman–Crippen LogP) is 3.83. The summed E-state index contributed by atoms with van der Waals surface area (Å²) < 4.78 is 4.55. The van der Waals surface area contributed by atoms with Gasteiger partial charge in [-0.15, -0.1) is 0 Å². The Kier molecular flexibility index (Phi) is 8.43. The molecule has 0 radical (unpaired) electrons. The summed E-state index contributed by atoms with van der Waals surface area (Å²) in [5.41, 5.74) is 1.51. The van der Waals surface area contributed by atoms with E-state index in [1.54, 1.807) is 0 Å². The van der Waals surface area contributed by atoms with Crippen molar-refractivity contribution in [3.05, 3.63) is 41.7 Å². The van der Waals surface area contributed by atoms with Gasteiger partial charge in [-0.2, -0.15) is 4.37 Å². The molecule has 170 valence electrons. The summed E-state index contributed by atoms with van der Waals surface area (Å²) in [5.74, 6) is 1.49. The molecule has 0 spiro atoms. The first-order valence-electron chi connectivity index (χ1n) is 11.4. The van der Waals surface area contributed by atoms with Crippen molar-refractivity contribution in [1.29, 1.82) is 0 Å². The van der Waals surface area contributed by atoms with E-state index >= 15 is 0 Å². The number of hydrogen-bond acceptors (Lipinski definition) is 6. The minimum atomic E-state index is 0.176. The van der Waals surface area contributed by atoms with Gasteiger partial charge < -0.3 is 10.2 Å². The summed E-state index contributed by atoms with van der Waals surface area (Å²) in [4.78, 5) is 21.7. The molecule has 2 aromatic rings. The van der Waals surface area contributed by atoms with Crippen LogP contribution < -0.4 is 10.2 Å². The maximum atomic E-state index is 12.2. The Hall–Kier alpha value is -1.99. The lowest BCUT2D eigenvalue weighted by molar-refractivity contribution is -0.122. The van der Waals surface area contributed by atoms with E-state index in [1.165, 1.54) is 17.1 Å². The maximum Gasteiger partial charge on any atom is 0.220 e. The fraction of sp³-hybridized carbons (Fsp3) is 0.625. The summed E-state index contributed by atoms with van der Waals surface area (Å²) in [5, 5.41) is 4.12. The molecule has 7 heteroatoms. The lowest BCUT2D eigenvalue weighted by Crippen LogP contribution is -2.48. The first-order valence-corrected chi connectivity index (χ1v) is 12.2. The van der Waals surface area contributed by atoms with Gasteiger partial charge in [0.1, 0.15) is 5.82 Å². The SMILES string of the molecule is CC(CC(=O)NCCN1CCN(c2nc(Cc3ccccc3)ns2)CC1)CC(C)(C)C. The first-order chi connectivity index (χ1) is 14.8. The van der Waals surface area contributed by atoms with Crippen molar-refractivity contribution >= 4 is 22.6 Å². The van der Waals surface area contributed by atoms with Crippen LogP contribution in [0.2, 0.25) is 0 Å². The zero-order chi connectivity index (χ0) is 22.3. The number of amides is 1. The van der Waals surface area contributed by atoms with Crippen LogP contribution in [0.3, 0.4) is 0 Å². The maximum absolute atomic E-state index is 12.2. The second kappa shape index (κ2) is 11.0. The number of aromatic nitrogens is 2. The molecule has 0 saturated carbocycles. The van der Waals surface area contributed by atoms with Crippen LogP contribution in [0.4, 0.5) is 5.13 Å². The number of nitrogens with one attached hydrogen (secondary N) is 1. The standard InChI is InChI=1S/C24H37N5OS/c1-19(18-24(2,3)4)16-22(30)25-10-11-28-12-14-29(15-13-28)23-26-21(27-31-23)17-20-8-6-5-7-9-20/h5-9,19H,10-18H2,1-4H3,(H,25,30). The number of anilines is 1. The topological polar surface area (TPSA) is 61.4 Å². The van der Waals surface area contributed by atoms with E-state index in [1.807, 2.05) is 6.07 Å². The summed E-state index contributed by atoms with van der Waals surface area (Å²) >= 11 is 1.50. The predicted molar refractivity (Wildman–Crippen MR) is 129 cm³/mol. The van der Waals surface area contributed by atoms with Gasteiger partial charge in [-0.25, -0.2) is 4.98 Å². The van der Waals surface area contributed by atoms with E-state index in [-0.39, 0.29) is 11.3 Å². The number of carbonyl (C=O) groups is 1. The van der Waals surface area contributed by atoms with Gasteiger partial charge in [0.15, 0.2) is 0 Å². The Bertz CT molecular complexity index is 809. The normalized spacial score (nSPS) is 16.3. The lowest BCUT2D eigenvalue weighted by atomic mass is 9.84. The van der Waals surface area contributed by atoms with E-state index in [0.717, 1.165) is 63.1 Å². The van der Waals surface area contributed by atoms with E-state index in [0.29, 0.717) is 12.3 Å². The summed E-state index contributed by atoms with van der Waals surface area (Å²) in [6.45, 7) is 14.4. The fourth-order valence-corrected chi connectivity index (χ4v) is 4.98. The molecule has 1 N–H and O–H groups in total. The van der Waals surface area contributed by atoms with Crippen LogP contribution in [0, 0.1) is 11.3 Å². The Morgan fingerprint density at radius 1 is 1.16 bits per heavy atom. The molecule has 1 saturated heterocycles. The molecule has 1 aliphatic heterocycles. The van der Waals surface area contributed by atoms with Gasteiger partial charge in [0.2, 0.25) is 11.0 Å². The molecule has 1 aromatic heterocycles. The van der Waals surface area contributed by atoms with Gasteiger partial charge in [0.05, 0.1) is 0 Å². The van der Waals surface area contributed by atoms with Gasteiger partial charge in [-0.05, 0) is 23.3 Å². The molecule has 1 amide bonds. The highest BCUT2D eigenvalue weighted by atomic mass is 32.1. The molecule has 6 nitrogen and oxygen atoms in total. The van der Waals surface area contributed by atoms with Crippen LogP contribution in [0.25, 0.3) is 0 Å². The summed E-state index contributed by atoms with van der Waals surface area (Å²) in [7, 11) is 0. The third-order valence-corrected chi connectivity index (χ3v) is 6.36. The minimum absolute atomic E-state index is 0.176. The second-order valence-corrected chi connectivity index (χ2v) is 10.6. The number of carbonyl (C=O) groups excluding carboxylic acids is 1.